The van der Waals surface area contributed by atoms with Crippen LogP contribution in [-0.4, -0.2) is 4.92 Å². The Balaban J connectivity index is 2.43. The molecule has 4 heteroatoms. The third-order valence-electron chi connectivity index (χ3n) is 2.60. The molecule has 0 spiro atoms. The second-order valence-corrected chi connectivity index (χ2v) is 3.89. The molecule has 2 N–H and O–H groups in total. The van der Waals surface area contributed by atoms with Crippen molar-refractivity contribution in [2.75, 3.05) is 5.73 Å². The van der Waals surface area contributed by atoms with Gasteiger partial charge in [-0.3, -0.25) is 10.1 Å². The summed E-state index contributed by atoms with van der Waals surface area (Å²) in [7, 11) is 0. The van der Waals surface area contributed by atoms with E-state index in [1.165, 1.54) is 12.1 Å². The predicted molar refractivity (Wildman–Crippen MR) is 67.7 cm³/mol. The molecule has 0 atom stereocenters. The fraction of sp³-hybridized carbons (Fsp3) is 0.0769. The van der Waals surface area contributed by atoms with Crippen molar-refractivity contribution in [2.45, 2.75) is 6.92 Å². The van der Waals surface area contributed by atoms with Gasteiger partial charge in [0.1, 0.15) is 0 Å². The van der Waals surface area contributed by atoms with Crippen LogP contribution in [0, 0.1) is 17.0 Å². The summed E-state index contributed by atoms with van der Waals surface area (Å²) < 4.78 is 0. The second-order valence-electron chi connectivity index (χ2n) is 3.89. The lowest BCUT2D eigenvalue weighted by molar-refractivity contribution is -0.384. The Morgan fingerprint density at radius 2 is 1.76 bits per heavy atom. The summed E-state index contributed by atoms with van der Waals surface area (Å²) in [5.74, 6) is 0. The van der Waals surface area contributed by atoms with Crippen LogP contribution >= 0.6 is 0 Å². The van der Waals surface area contributed by atoms with Gasteiger partial charge >= 0.3 is 0 Å². The first-order valence-corrected chi connectivity index (χ1v) is 5.19. The van der Waals surface area contributed by atoms with Crippen molar-refractivity contribution >= 4 is 11.4 Å². The average molecular weight is 228 g/mol. The molecule has 0 fully saturated rings. The minimum Gasteiger partial charge on any atom is -0.398 e. The summed E-state index contributed by atoms with van der Waals surface area (Å²) in [4.78, 5) is 10.1. The first-order valence-electron chi connectivity index (χ1n) is 5.19. The van der Waals surface area contributed by atoms with Crippen molar-refractivity contribution in [2.24, 2.45) is 0 Å². The number of benzene rings is 2. The Labute approximate surface area is 98.8 Å². The highest BCUT2D eigenvalue weighted by molar-refractivity contribution is 5.77. The van der Waals surface area contributed by atoms with E-state index in [0.717, 1.165) is 16.7 Å². The minimum absolute atomic E-state index is 0.0828. The van der Waals surface area contributed by atoms with Gasteiger partial charge in [-0.1, -0.05) is 12.1 Å². The maximum absolute atomic E-state index is 10.5. The van der Waals surface area contributed by atoms with Gasteiger partial charge in [0.05, 0.1) is 4.92 Å². The number of hydrogen-bond acceptors (Lipinski definition) is 3. The Morgan fingerprint density at radius 3 is 2.29 bits per heavy atom. The third kappa shape index (κ3) is 2.25. The van der Waals surface area contributed by atoms with Crippen LogP contribution in [0.1, 0.15) is 5.56 Å². The molecule has 2 aromatic carbocycles. The van der Waals surface area contributed by atoms with Gasteiger partial charge in [-0.25, -0.2) is 0 Å². The van der Waals surface area contributed by atoms with E-state index in [0.29, 0.717) is 5.69 Å². The highest BCUT2D eigenvalue weighted by Gasteiger charge is 2.07. The topological polar surface area (TPSA) is 69.2 Å². The molecule has 2 aromatic rings. The molecule has 0 aliphatic carbocycles. The van der Waals surface area contributed by atoms with Gasteiger partial charge in [-0.05, 0) is 36.2 Å². The lowest BCUT2D eigenvalue weighted by Crippen LogP contribution is -1.91. The largest absolute Gasteiger partial charge is 0.398 e. The van der Waals surface area contributed by atoms with Gasteiger partial charge in [0.25, 0.3) is 5.69 Å². The molecule has 0 aliphatic heterocycles. The quantitative estimate of drug-likeness (QED) is 0.487. The third-order valence-corrected chi connectivity index (χ3v) is 2.60. The number of anilines is 1. The number of hydrogen-bond donors (Lipinski definition) is 1. The molecule has 0 saturated carbocycles. The van der Waals surface area contributed by atoms with Gasteiger partial charge in [0.2, 0.25) is 0 Å². The Morgan fingerprint density at radius 1 is 1.12 bits per heavy atom. The molecular formula is C13H12N2O2. The van der Waals surface area contributed by atoms with E-state index >= 15 is 0 Å². The zero-order valence-corrected chi connectivity index (χ0v) is 9.38. The van der Waals surface area contributed by atoms with Gasteiger partial charge in [-0.2, -0.15) is 0 Å². The first kappa shape index (κ1) is 11.1. The van der Waals surface area contributed by atoms with Gasteiger partial charge < -0.3 is 5.73 Å². The number of nitrogens with zero attached hydrogens (tertiary/aromatic N) is 1. The van der Waals surface area contributed by atoms with Gasteiger partial charge in [0.15, 0.2) is 0 Å². The standard InChI is InChI=1S/C13H12N2O2/c1-9-2-7-12(13(14)8-9)10-3-5-11(6-4-10)15(16)17/h2-8H,14H2,1H3. The molecule has 0 saturated heterocycles. The van der Waals surface area contributed by atoms with Crippen LogP contribution in [0.15, 0.2) is 42.5 Å². The molecule has 0 amide bonds. The van der Waals surface area contributed by atoms with E-state index in [-0.39, 0.29) is 5.69 Å². The molecule has 2 rings (SSSR count). The molecule has 0 radical (unpaired) electrons. The highest BCUT2D eigenvalue weighted by Crippen LogP contribution is 2.28. The van der Waals surface area contributed by atoms with Crippen molar-refractivity contribution < 1.29 is 4.92 Å². The Bertz CT molecular complexity index is 562. The molecule has 0 aromatic heterocycles. The second kappa shape index (κ2) is 4.25. The molecular weight excluding hydrogens is 216 g/mol. The summed E-state index contributed by atoms with van der Waals surface area (Å²) >= 11 is 0. The summed E-state index contributed by atoms with van der Waals surface area (Å²) in [5, 5.41) is 10.5. The lowest BCUT2D eigenvalue weighted by atomic mass is 10.0. The number of rotatable bonds is 2. The molecule has 86 valence electrons. The van der Waals surface area contributed by atoms with Crippen molar-refractivity contribution in [3.63, 3.8) is 0 Å². The molecule has 0 bridgehead atoms. The van der Waals surface area contributed by atoms with Crippen molar-refractivity contribution in [3.8, 4) is 11.1 Å². The number of nitro groups is 1. The Kier molecular flexibility index (Phi) is 2.78. The Hall–Kier alpha value is -2.36. The number of aryl methyl sites for hydroxylation is 1. The lowest BCUT2D eigenvalue weighted by Gasteiger charge is -2.06. The van der Waals surface area contributed by atoms with Crippen molar-refractivity contribution in [1.82, 2.24) is 0 Å². The molecule has 0 heterocycles. The number of non-ortho nitro benzene ring substituents is 1. The smallest absolute Gasteiger partial charge is 0.269 e. The SMILES string of the molecule is Cc1ccc(-c2ccc([N+](=O)[O-])cc2)c(N)c1. The summed E-state index contributed by atoms with van der Waals surface area (Å²) in [6.07, 6.45) is 0. The van der Waals surface area contributed by atoms with E-state index in [1.807, 2.05) is 25.1 Å². The molecule has 0 aliphatic rings. The molecule has 17 heavy (non-hydrogen) atoms. The van der Waals surface area contributed by atoms with Crippen LogP contribution in [0.5, 0.6) is 0 Å². The van der Waals surface area contributed by atoms with Crippen LogP contribution < -0.4 is 5.73 Å². The van der Waals surface area contributed by atoms with Crippen LogP contribution in [0.4, 0.5) is 11.4 Å². The molecule has 0 unspecified atom stereocenters. The average Bonchev–Trinajstić information content (AvgIpc) is 2.29. The first-order chi connectivity index (χ1) is 8.08. The fourth-order valence-corrected chi connectivity index (χ4v) is 1.71. The number of nitrogen functional groups attached to an aromatic ring is 1. The predicted octanol–water partition coefficient (Wildman–Crippen LogP) is 3.15. The normalized spacial score (nSPS) is 10.2. The van der Waals surface area contributed by atoms with Crippen LogP contribution in [0.2, 0.25) is 0 Å². The number of nitro benzene ring substituents is 1. The maximum Gasteiger partial charge on any atom is 0.269 e. The van der Waals surface area contributed by atoms with E-state index in [2.05, 4.69) is 0 Å². The number of nitrogens with two attached hydrogens (primary N) is 1. The summed E-state index contributed by atoms with van der Waals surface area (Å²) in [6.45, 7) is 1.97. The van der Waals surface area contributed by atoms with Crippen LogP contribution in [-0.2, 0) is 0 Å². The summed E-state index contributed by atoms with van der Waals surface area (Å²) in [6, 6.07) is 12.2. The van der Waals surface area contributed by atoms with Crippen molar-refractivity contribution in [1.29, 1.82) is 0 Å². The maximum atomic E-state index is 10.5. The monoisotopic (exact) mass is 228 g/mol. The highest BCUT2D eigenvalue weighted by atomic mass is 16.6. The minimum atomic E-state index is -0.414. The molecule has 4 nitrogen and oxygen atoms in total. The van der Waals surface area contributed by atoms with E-state index < -0.39 is 4.92 Å². The zero-order chi connectivity index (χ0) is 12.4. The van der Waals surface area contributed by atoms with Crippen LogP contribution in [0.25, 0.3) is 11.1 Å². The van der Waals surface area contributed by atoms with Gasteiger partial charge in [-0.15, -0.1) is 0 Å². The zero-order valence-electron chi connectivity index (χ0n) is 9.38. The van der Waals surface area contributed by atoms with E-state index in [9.17, 15) is 10.1 Å². The van der Waals surface area contributed by atoms with E-state index in [4.69, 9.17) is 5.73 Å². The van der Waals surface area contributed by atoms with Crippen LogP contribution in [0.3, 0.4) is 0 Å². The summed E-state index contributed by atoms with van der Waals surface area (Å²) in [5.41, 5.74) is 9.55. The fourth-order valence-electron chi connectivity index (χ4n) is 1.71. The van der Waals surface area contributed by atoms with E-state index in [1.54, 1.807) is 12.1 Å². The van der Waals surface area contributed by atoms with Gasteiger partial charge in [0, 0.05) is 23.4 Å². The van der Waals surface area contributed by atoms with Crippen molar-refractivity contribution in [3.05, 3.63) is 58.1 Å².